The number of H-pyrrole nitrogens is 1. The number of aryl methyl sites for hydroxylation is 2. The second-order valence-electron chi connectivity index (χ2n) is 11.3. The van der Waals surface area contributed by atoms with E-state index in [1.165, 1.54) is 0 Å². The molecule has 4 aromatic rings. The number of ether oxygens (including phenoxy) is 1. The fourth-order valence-electron chi connectivity index (χ4n) is 5.49. The molecule has 1 aliphatic rings. The molecule has 2 aromatic carbocycles. The van der Waals surface area contributed by atoms with Gasteiger partial charge in [-0.25, -0.2) is 4.68 Å². The van der Waals surface area contributed by atoms with Gasteiger partial charge in [-0.1, -0.05) is 42.3 Å². The topological polar surface area (TPSA) is 88.9 Å². The van der Waals surface area contributed by atoms with Crippen LogP contribution < -0.4 is 5.56 Å². The Kier molecular flexibility index (Phi) is 7.89. The van der Waals surface area contributed by atoms with E-state index in [1.807, 2.05) is 41.9 Å². The van der Waals surface area contributed by atoms with E-state index in [-0.39, 0.29) is 17.2 Å². The molecule has 0 bridgehead atoms. The molecule has 0 unspecified atom stereocenters. The third kappa shape index (κ3) is 5.78. The van der Waals surface area contributed by atoms with Gasteiger partial charge in [0.05, 0.1) is 17.2 Å². The summed E-state index contributed by atoms with van der Waals surface area (Å²) in [5.74, 6) is 0.642. The number of nitrogens with zero attached hydrogens (tertiary/aromatic N) is 5. The SMILES string of the molecule is CCC(C)(C)n1nnnc1[C@@H](c1cc2cc(C)cc(C)c2[nH]c1=O)N(Cc1ccc(Cl)cc1)C[C@H]1CCCO1. The lowest BCUT2D eigenvalue weighted by atomic mass is 9.97. The average molecular weight is 549 g/mol. The Labute approximate surface area is 234 Å². The number of tetrazole rings is 1. The Bertz CT molecular complexity index is 1500. The maximum Gasteiger partial charge on any atom is 0.253 e. The number of hydrogen-bond acceptors (Lipinski definition) is 6. The number of aromatic nitrogens is 5. The van der Waals surface area contributed by atoms with E-state index in [2.05, 4.69) is 65.2 Å². The first kappa shape index (κ1) is 27.5. The minimum Gasteiger partial charge on any atom is -0.377 e. The van der Waals surface area contributed by atoms with Gasteiger partial charge in [0.25, 0.3) is 5.56 Å². The smallest absolute Gasteiger partial charge is 0.253 e. The molecule has 1 fully saturated rings. The lowest BCUT2D eigenvalue weighted by Crippen LogP contribution is -2.41. The van der Waals surface area contributed by atoms with Crippen LogP contribution >= 0.6 is 11.6 Å². The third-order valence-corrected chi connectivity index (χ3v) is 8.17. The molecular weight excluding hydrogens is 512 g/mol. The van der Waals surface area contributed by atoms with Crippen molar-refractivity contribution in [2.75, 3.05) is 13.2 Å². The number of hydrogen-bond donors (Lipinski definition) is 1. The molecule has 1 N–H and O–H groups in total. The molecule has 0 spiro atoms. The maximum absolute atomic E-state index is 13.9. The Morgan fingerprint density at radius 2 is 1.97 bits per heavy atom. The number of pyridine rings is 1. The van der Waals surface area contributed by atoms with Crippen LogP contribution in [0.1, 0.15) is 74.2 Å². The number of fused-ring (bicyclic) bond motifs is 1. The lowest BCUT2D eigenvalue weighted by Gasteiger charge is -2.34. The number of benzene rings is 2. The van der Waals surface area contributed by atoms with Crippen molar-refractivity contribution in [1.82, 2.24) is 30.1 Å². The Balaban J connectivity index is 1.72. The molecule has 39 heavy (non-hydrogen) atoms. The van der Waals surface area contributed by atoms with E-state index < -0.39 is 6.04 Å². The highest BCUT2D eigenvalue weighted by atomic mass is 35.5. The third-order valence-electron chi connectivity index (χ3n) is 7.92. The highest BCUT2D eigenvalue weighted by Gasteiger charge is 2.36. The van der Waals surface area contributed by atoms with Crippen LogP contribution in [-0.4, -0.2) is 49.3 Å². The van der Waals surface area contributed by atoms with Crippen LogP contribution in [0.4, 0.5) is 0 Å². The van der Waals surface area contributed by atoms with Crippen molar-refractivity contribution in [3.63, 3.8) is 0 Å². The molecule has 0 aliphatic carbocycles. The number of halogens is 1. The molecule has 1 saturated heterocycles. The molecule has 0 saturated carbocycles. The lowest BCUT2D eigenvalue weighted by molar-refractivity contribution is 0.0562. The van der Waals surface area contributed by atoms with Gasteiger partial charge in [0.2, 0.25) is 0 Å². The summed E-state index contributed by atoms with van der Waals surface area (Å²) in [5.41, 5.74) is 4.25. The molecular formula is C30H37ClN6O2. The predicted octanol–water partition coefficient (Wildman–Crippen LogP) is 5.70. The second kappa shape index (κ2) is 11.2. The van der Waals surface area contributed by atoms with Crippen molar-refractivity contribution in [2.45, 2.75) is 78.1 Å². The summed E-state index contributed by atoms with van der Waals surface area (Å²) < 4.78 is 7.97. The van der Waals surface area contributed by atoms with Crippen LogP contribution in [0.2, 0.25) is 5.02 Å². The maximum atomic E-state index is 13.9. The van der Waals surface area contributed by atoms with Crippen molar-refractivity contribution in [1.29, 1.82) is 0 Å². The molecule has 5 rings (SSSR count). The largest absolute Gasteiger partial charge is 0.377 e. The van der Waals surface area contributed by atoms with Crippen LogP contribution in [0.5, 0.6) is 0 Å². The predicted molar refractivity (Wildman–Crippen MR) is 154 cm³/mol. The zero-order valence-corrected chi connectivity index (χ0v) is 24.1. The number of rotatable bonds is 9. The van der Waals surface area contributed by atoms with Crippen LogP contribution in [0.15, 0.2) is 47.3 Å². The van der Waals surface area contributed by atoms with Gasteiger partial charge >= 0.3 is 0 Å². The van der Waals surface area contributed by atoms with Gasteiger partial charge in [0, 0.05) is 30.3 Å². The van der Waals surface area contributed by atoms with Gasteiger partial charge in [-0.3, -0.25) is 9.69 Å². The monoisotopic (exact) mass is 548 g/mol. The van der Waals surface area contributed by atoms with Gasteiger partial charge in [-0.15, -0.1) is 5.10 Å². The van der Waals surface area contributed by atoms with Crippen LogP contribution in [0.3, 0.4) is 0 Å². The molecule has 9 heteroatoms. The van der Waals surface area contributed by atoms with E-state index in [9.17, 15) is 4.79 Å². The Morgan fingerprint density at radius 3 is 2.67 bits per heavy atom. The van der Waals surface area contributed by atoms with Gasteiger partial charge in [0.1, 0.15) is 6.04 Å². The fraction of sp³-hybridized carbons (Fsp3) is 0.467. The van der Waals surface area contributed by atoms with Crippen LogP contribution in [0.25, 0.3) is 10.9 Å². The molecule has 206 valence electrons. The molecule has 0 amide bonds. The molecule has 8 nitrogen and oxygen atoms in total. The van der Waals surface area contributed by atoms with Gasteiger partial charge in [0.15, 0.2) is 5.82 Å². The summed E-state index contributed by atoms with van der Waals surface area (Å²) in [6.07, 6.45) is 2.89. The molecule has 2 aromatic heterocycles. The molecule has 0 radical (unpaired) electrons. The van der Waals surface area contributed by atoms with Crippen LogP contribution in [0, 0.1) is 13.8 Å². The standard InChI is InChI=1S/C30H37ClN6O2/c1-6-30(4,5)37-28(33-34-35-37)27(25-16-22-15-19(2)14-20(3)26(22)32-29(25)38)36(18-24-8-7-13-39-24)17-21-9-11-23(31)12-10-21/h9-12,14-16,24,27H,6-8,13,17-18H2,1-5H3,(H,32,38)/t24-,27-/m1/s1. The zero-order chi connectivity index (χ0) is 27.7. The first-order valence-electron chi connectivity index (χ1n) is 13.7. The van der Waals surface area contributed by atoms with Gasteiger partial charge in [-0.05, 0) is 98.2 Å². The highest BCUT2D eigenvalue weighted by Crippen LogP contribution is 2.33. The summed E-state index contributed by atoms with van der Waals surface area (Å²) in [4.78, 5) is 19.3. The first-order chi connectivity index (χ1) is 18.7. The van der Waals surface area contributed by atoms with Crippen molar-refractivity contribution in [2.24, 2.45) is 0 Å². The fourth-order valence-corrected chi connectivity index (χ4v) is 5.61. The van der Waals surface area contributed by atoms with E-state index in [1.54, 1.807) is 0 Å². The summed E-state index contributed by atoms with van der Waals surface area (Å²) in [7, 11) is 0. The molecule has 3 heterocycles. The van der Waals surface area contributed by atoms with E-state index in [4.69, 9.17) is 16.3 Å². The second-order valence-corrected chi connectivity index (χ2v) is 11.7. The normalized spacial score (nSPS) is 16.8. The minimum atomic E-state index is -0.500. The van der Waals surface area contributed by atoms with Crippen molar-refractivity contribution in [3.8, 4) is 0 Å². The minimum absolute atomic E-state index is 0.0624. The molecule has 2 atom stereocenters. The number of nitrogens with one attached hydrogen (secondary N) is 1. The van der Waals surface area contributed by atoms with Crippen molar-refractivity contribution < 1.29 is 4.74 Å². The van der Waals surface area contributed by atoms with Crippen LogP contribution in [-0.2, 0) is 16.8 Å². The zero-order valence-electron chi connectivity index (χ0n) is 23.4. The number of aromatic amines is 1. The van der Waals surface area contributed by atoms with E-state index in [0.717, 1.165) is 53.5 Å². The molecule has 1 aliphatic heterocycles. The summed E-state index contributed by atoms with van der Waals surface area (Å²) in [6, 6.07) is 13.6. The Hall–Kier alpha value is -3.07. The average Bonchev–Trinajstić information content (AvgIpc) is 3.59. The van der Waals surface area contributed by atoms with E-state index >= 15 is 0 Å². The van der Waals surface area contributed by atoms with Crippen molar-refractivity contribution >= 4 is 22.5 Å². The highest BCUT2D eigenvalue weighted by molar-refractivity contribution is 6.30. The summed E-state index contributed by atoms with van der Waals surface area (Å²) >= 11 is 6.21. The summed E-state index contributed by atoms with van der Waals surface area (Å²) in [5, 5.41) is 14.8. The summed E-state index contributed by atoms with van der Waals surface area (Å²) in [6.45, 7) is 12.4. The van der Waals surface area contributed by atoms with E-state index in [0.29, 0.717) is 29.5 Å². The van der Waals surface area contributed by atoms with Gasteiger partial charge in [-0.2, -0.15) is 0 Å². The Morgan fingerprint density at radius 1 is 1.21 bits per heavy atom. The first-order valence-corrected chi connectivity index (χ1v) is 14.1. The van der Waals surface area contributed by atoms with Gasteiger partial charge < -0.3 is 9.72 Å². The van der Waals surface area contributed by atoms with Crippen molar-refractivity contribution in [3.05, 3.63) is 85.9 Å². The quantitative estimate of drug-likeness (QED) is 0.288.